The fourth-order valence-electron chi connectivity index (χ4n) is 3.47. The van der Waals surface area contributed by atoms with Gasteiger partial charge in [-0.3, -0.25) is 9.59 Å². The van der Waals surface area contributed by atoms with E-state index in [4.69, 9.17) is 0 Å². The van der Waals surface area contributed by atoms with E-state index in [1.165, 1.54) is 55.5 Å². The topological polar surface area (TPSA) is 71.0 Å². The first kappa shape index (κ1) is 24.0. The number of nitrogens with zero attached hydrogens (tertiary/aromatic N) is 2. The number of allylic oxidation sites excluding steroid dienone is 1. The predicted octanol–water partition coefficient (Wildman–Crippen LogP) is 5.32. The van der Waals surface area contributed by atoms with E-state index in [0.29, 0.717) is 0 Å². The molecule has 1 N–H and O–H groups in total. The zero-order chi connectivity index (χ0) is 24.4. The number of hydrazone groups is 1. The highest BCUT2D eigenvalue weighted by Crippen LogP contribution is 2.38. The van der Waals surface area contributed by atoms with Crippen molar-refractivity contribution < 1.29 is 31.9 Å². The average molecular weight is 463 g/mol. The zero-order valence-electron chi connectivity index (χ0n) is 17.8. The monoisotopic (exact) mass is 463 g/mol. The molecule has 0 saturated heterocycles. The van der Waals surface area contributed by atoms with Crippen LogP contribution in [0, 0.1) is 5.41 Å². The van der Waals surface area contributed by atoms with Crippen LogP contribution < -0.4 is 15.1 Å². The molecule has 0 radical (unpaired) electrons. The Labute approximate surface area is 187 Å². The summed E-state index contributed by atoms with van der Waals surface area (Å²) in [4.78, 5) is 26.7. The van der Waals surface area contributed by atoms with Crippen molar-refractivity contribution in [3.63, 3.8) is 0 Å². The molecule has 33 heavy (non-hydrogen) atoms. The Morgan fingerprint density at radius 2 is 1.94 bits per heavy atom. The van der Waals surface area contributed by atoms with Crippen molar-refractivity contribution in [3.8, 4) is 5.75 Å². The molecule has 0 aliphatic carbocycles. The highest BCUT2D eigenvalue weighted by molar-refractivity contribution is 6.33. The summed E-state index contributed by atoms with van der Waals surface area (Å²) in [6.07, 6.45) is 1.29. The van der Waals surface area contributed by atoms with Crippen LogP contribution in [-0.4, -0.2) is 24.1 Å². The number of ether oxygens (including phenoxy) is 1. The van der Waals surface area contributed by atoms with E-state index in [9.17, 15) is 27.2 Å². The lowest BCUT2D eigenvalue weighted by Crippen LogP contribution is -2.48. The molecule has 174 valence electrons. The van der Waals surface area contributed by atoms with Gasteiger partial charge in [-0.2, -0.15) is 18.9 Å². The molecule has 0 fully saturated rings. The molecule has 1 aliphatic heterocycles. The minimum atomic E-state index is -3.11. The SMILES string of the molecule is C=CCC1(C(=O)Nc2cccc(C(C)(F)F)c2)C(=O)N(c2ccc(OC(F)F)cc2)N=C1C. The van der Waals surface area contributed by atoms with Crippen LogP contribution in [0.5, 0.6) is 5.75 Å². The number of nitrogens with one attached hydrogen (secondary N) is 1. The highest BCUT2D eigenvalue weighted by atomic mass is 19.3. The van der Waals surface area contributed by atoms with E-state index in [2.05, 4.69) is 21.7 Å². The third kappa shape index (κ3) is 4.74. The third-order valence-electron chi connectivity index (χ3n) is 5.20. The highest BCUT2D eigenvalue weighted by Gasteiger charge is 2.54. The molecule has 2 amide bonds. The summed E-state index contributed by atoms with van der Waals surface area (Å²) in [6.45, 7) is 2.85. The van der Waals surface area contributed by atoms with Crippen LogP contribution in [0.25, 0.3) is 0 Å². The lowest BCUT2D eigenvalue weighted by atomic mass is 9.78. The molecule has 2 aromatic carbocycles. The number of hydrogen-bond acceptors (Lipinski definition) is 4. The van der Waals surface area contributed by atoms with Gasteiger partial charge in [-0.25, -0.2) is 8.78 Å². The summed E-state index contributed by atoms with van der Waals surface area (Å²) >= 11 is 0. The van der Waals surface area contributed by atoms with Gasteiger partial charge in [0, 0.05) is 18.2 Å². The van der Waals surface area contributed by atoms with Crippen molar-refractivity contribution in [1.82, 2.24) is 0 Å². The minimum absolute atomic E-state index is 0.0926. The molecule has 1 atom stereocenters. The predicted molar refractivity (Wildman–Crippen MR) is 116 cm³/mol. The van der Waals surface area contributed by atoms with Gasteiger partial charge in [-0.15, -0.1) is 6.58 Å². The van der Waals surface area contributed by atoms with Gasteiger partial charge in [-0.1, -0.05) is 18.2 Å². The minimum Gasteiger partial charge on any atom is -0.435 e. The first-order valence-electron chi connectivity index (χ1n) is 9.85. The van der Waals surface area contributed by atoms with Gasteiger partial charge < -0.3 is 10.1 Å². The number of rotatable bonds is 8. The van der Waals surface area contributed by atoms with Crippen molar-refractivity contribution in [2.24, 2.45) is 10.5 Å². The maximum Gasteiger partial charge on any atom is 0.387 e. The van der Waals surface area contributed by atoms with Crippen LogP contribution >= 0.6 is 0 Å². The maximum atomic E-state index is 13.7. The summed E-state index contributed by atoms with van der Waals surface area (Å²) < 4.78 is 56.4. The van der Waals surface area contributed by atoms with Crippen LogP contribution in [0.15, 0.2) is 66.3 Å². The molecule has 1 heterocycles. The van der Waals surface area contributed by atoms with Crippen LogP contribution in [0.2, 0.25) is 0 Å². The third-order valence-corrected chi connectivity index (χ3v) is 5.20. The van der Waals surface area contributed by atoms with Crippen molar-refractivity contribution >= 4 is 28.9 Å². The van der Waals surface area contributed by atoms with E-state index in [1.807, 2.05) is 0 Å². The molecule has 0 saturated carbocycles. The molecule has 0 aromatic heterocycles. The molecular formula is C23H21F4N3O3. The van der Waals surface area contributed by atoms with Crippen LogP contribution in [-0.2, 0) is 15.5 Å². The molecule has 1 aliphatic rings. The summed E-state index contributed by atoms with van der Waals surface area (Å²) in [5.41, 5.74) is -1.57. The Balaban J connectivity index is 1.90. The Kier molecular flexibility index (Phi) is 6.57. The molecule has 2 aromatic rings. The number of amides is 2. The van der Waals surface area contributed by atoms with E-state index >= 15 is 0 Å². The number of hydrogen-bond donors (Lipinski definition) is 1. The van der Waals surface area contributed by atoms with E-state index in [1.54, 1.807) is 0 Å². The smallest absolute Gasteiger partial charge is 0.387 e. The van der Waals surface area contributed by atoms with Crippen molar-refractivity contribution in [3.05, 3.63) is 66.7 Å². The summed E-state index contributed by atoms with van der Waals surface area (Å²) in [5, 5.41) is 7.73. The first-order chi connectivity index (χ1) is 15.5. The van der Waals surface area contributed by atoms with Gasteiger partial charge >= 0.3 is 6.61 Å². The fraction of sp³-hybridized carbons (Fsp3) is 0.261. The van der Waals surface area contributed by atoms with Crippen LogP contribution in [0.1, 0.15) is 25.8 Å². The second-order valence-electron chi connectivity index (χ2n) is 7.50. The molecule has 1 unspecified atom stereocenters. The molecular weight excluding hydrogens is 442 g/mol. The van der Waals surface area contributed by atoms with Gasteiger partial charge in [0.2, 0.25) is 5.91 Å². The van der Waals surface area contributed by atoms with Crippen LogP contribution in [0.4, 0.5) is 28.9 Å². The zero-order valence-corrected chi connectivity index (χ0v) is 17.8. The van der Waals surface area contributed by atoms with E-state index in [-0.39, 0.29) is 34.8 Å². The van der Waals surface area contributed by atoms with Crippen LogP contribution in [0.3, 0.4) is 0 Å². The van der Waals surface area contributed by atoms with Gasteiger partial charge in [0.05, 0.1) is 11.4 Å². The van der Waals surface area contributed by atoms with Gasteiger partial charge in [0.25, 0.3) is 11.8 Å². The molecule has 3 rings (SSSR count). The molecule has 10 heteroatoms. The lowest BCUT2D eigenvalue weighted by molar-refractivity contribution is -0.133. The number of benzene rings is 2. The summed E-state index contributed by atoms with van der Waals surface area (Å²) in [6, 6.07) is 10.3. The van der Waals surface area contributed by atoms with Gasteiger partial charge in [0.1, 0.15) is 5.75 Å². The quantitative estimate of drug-likeness (QED) is 0.327. The molecule has 0 spiro atoms. The molecule has 6 nitrogen and oxygen atoms in total. The van der Waals surface area contributed by atoms with Crippen molar-refractivity contribution in [2.45, 2.75) is 32.8 Å². The maximum absolute atomic E-state index is 13.7. The second-order valence-corrected chi connectivity index (χ2v) is 7.50. The number of alkyl halides is 4. The standard InChI is InChI=1S/C23H21F4N3O3/c1-4-12-23(19(31)28-16-7-5-6-15(13-16)22(3,26)27)14(2)29-30(20(23)32)17-8-10-18(11-9-17)33-21(24)25/h4-11,13,21H,1,12H2,2-3H3,(H,28,31). The Morgan fingerprint density at radius 3 is 2.52 bits per heavy atom. The second kappa shape index (κ2) is 9.05. The molecule has 0 bridgehead atoms. The first-order valence-corrected chi connectivity index (χ1v) is 9.85. The Morgan fingerprint density at radius 1 is 1.27 bits per heavy atom. The Hall–Kier alpha value is -3.69. The van der Waals surface area contributed by atoms with E-state index in [0.717, 1.165) is 18.0 Å². The lowest BCUT2D eigenvalue weighted by Gasteiger charge is -2.26. The normalized spacial score (nSPS) is 18.3. The fourth-order valence-corrected chi connectivity index (χ4v) is 3.47. The number of anilines is 2. The number of carbonyl (C=O) groups excluding carboxylic acids is 2. The number of halogens is 4. The Bertz CT molecular complexity index is 1100. The van der Waals surface area contributed by atoms with Gasteiger partial charge in [-0.05, 0) is 49.7 Å². The number of carbonyl (C=O) groups is 2. The van der Waals surface area contributed by atoms with Gasteiger partial charge in [0.15, 0.2) is 5.41 Å². The summed E-state index contributed by atoms with van der Waals surface area (Å²) in [5.74, 6) is -4.68. The van der Waals surface area contributed by atoms with Crippen molar-refractivity contribution in [1.29, 1.82) is 0 Å². The average Bonchev–Trinajstić information content (AvgIpc) is 2.99. The van der Waals surface area contributed by atoms with Crippen molar-refractivity contribution in [2.75, 3.05) is 10.3 Å². The van der Waals surface area contributed by atoms with E-state index < -0.39 is 29.8 Å². The summed E-state index contributed by atoms with van der Waals surface area (Å²) in [7, 11) is 0. The largest absolute Gasteiger partial charge is 0.435 e.